The van der Waals surface area contributed by atoms with E-state index < -0.39 is 23.6 Å². The summed E-state index contributed by atoms with van der Waals surface area (Å²) >= 11 is 0. The molecule has 6 heteroatoms. The summed E-state index contributed by atoms with van der Waals surface area (Å²) in [5, 5.41) is 12.5. The van der Waals surface area contributed by atoms with Gasteiger partial charge >= 0.3 is 5.97 Å². The van der Waals surface area contributed by atoms with Gasteiger partial charge in [-0.25, -0.2) is 4.79 Å². The second-order valence-corrected chi connectivity index (χ2v) is 8.75. The van der Waals surface area contributed by atoms with Crippen LogP contribution < -0.4 is 5.32 Å². The number of allylic oxidation sites excluding steroid dienone is 2. The Kier molecular flexibility index (Phi) is 10.5. The molecule has 0 unspecified atom stereocenters. The molecule has 2 heterocycles. The Morgan fingerprint density at radius 3 is 2.65 bits per heavy atom. The van der Waals surface area contributed by atoms with Gasteiger partial charge in [0, 0.05) is 0 Å². The van der Waals surface area contributed by atoms with E-state index in [2.05, 4.69) is 12.2 Å². The van der Waals surface area contributed by atoms with Crippen LogP contribution in [0.15, 0.2) is 36.1 Å². The highest BCUT2D eigenvalue weighted by atomic mass is 16.6. The van der Waals surface area contributed by atoms with E-state index in [9.17, 15) is 14.7 Å². The number of carbonyl (C=O) groups is 2. The van der Waals surface area contributed by atoms with E-state index in [1.165, 1.54) is 38.5 Å². The maximum absolute atomic E-state index is 12.0. The van der Waals surface area contributed by atoms with Crippen molar-refractivity contribution in [2.45, 2.75) is 109 Å². The summed E-state index contributed by atoms with van der Waals surface area (Å²) in [6.45, 7) is 5.93. The fraction of sp³-hybridized carbons (Fsp3) is 0.680. The third-order valence-electron chi connectivity index (χ3n) is 5.84. The van der Waals surface area contributed by atoms with Crippen LogP contribution in [0.2, 0.25) is 0 Å². The Labute approximate surface area is 186 Å². The van der Waals surface area contributed by atoms with Crippen molar-refractivity contribution in [2.24, 2.45) is 0 Å². The smallest absolute Gasteiger partial charge is 0.355 e. The van der Waals surface area contributed by atoms with Crippen molar-refractivity contribution in [3.63, 3.8) is 0 Å². The Hall–Kier alpha value is -1.92. The number of unbranched alkanes of at least 4 members (excludes halogenated alkanes) is 5. The van der Waals surface area contributed by atoms with E-state index >= 15 is 0 Å². The highest BCUT2D eigenvalue weighted by molar-refractivity contribution is 5.96. The van der Waals surface area contributed by atoms with Gasteiger partial charge in [0.05, 0.1) is 24.7 Å². The number of rotatable bonds is 15. The van der Waals surface area contributed by atoms with Crippen molar-refractivity contribution in [3.05, 3.63) is 36.1 Å². The molecule has 0 aromatic rings. The minimum absolute atomic E-state index is 0.121. The van der Waals surface area contributed by atoms with Crippen molar-refractivity contribution < 1.29 is 24.2 Å². The van der Waals surface area contributed by atoms with Crippen molar-refractivity contribution >= 4 is 11.9 Å². The number of epoxide rings is 1. The topological polar surface area (TPSA) is 88.2 Å². The van der Waals surface area contributed by atoms with E-state index in [1.54, 1.807) is 25.2 Å². The molecule has 0 aromatic heterocycles. The molecule has 6 nitrogen and oxygen atoms in total. The molecule has 0 aliphatic carbocycles. The zero-order valence-corrected chi connectivity index (χ0v) is 19.3. The van der Waals surface area contributed by atoms with E-state index in [1.807, 2.05) is 19.1 Å². The summed E-state index contributed by atoms with van der Waals surface area (Å²) < 4.78 is 10.9. The van der Waals surface area contributed by atoms with Gasteiger partial charge in [0.25, 0.3) is 0 Å². The number of hydrogen-bond acceptors (Lipinski definition) is 5. The molecule has 2 aliphatic heterocycles. The zero-order chi connectivity index (χ0) is 22.7. The average Bonchev–Trinajstić information content (AvgIpc) is 3.40. The van der Waals surface area contributed by atoms with Gasteiger partial charge < -0.3 is 19.9 Å². The lowest BCUT2D eigenvalue weighted by molar-refractivity contribution is -0.146. The number of amides is 1. The number of hydrogen-bond donors (Lipinski definition) is 2. The molecule has 2 aliphatic rings. The molecule has 1 saturated heterocycles. The summed E-state index contributed by atoms with van der Waals surface area (Å²) in [5.41, 5.74) is -0.535. The monoisotopic (exact) mass is 433 g/mol. The second-order valence-electron chi connectivity index (χ2n) is 8.75. The van der Waals surface area contributed by atoms with Crippen LogP contribution in [-0.2, 0) is 19.1 Å². The predicted molar refractivity (Wildman–Crippen MR) is 121 cm³/mol. The first-order chi connectivity index (χ1) is 14.9. The Morgan fingerprint density at radius 1 is 1.19 bits per heavy atom. The largest absolute Gasteiger partial charge is 0.450 e. The predicted octanol–water partition coefficient (Wildman–Crippen LogP) is 4.48. The Balaban J connectivity index is 1.56. The molecule has 0 radical (unpaired) electrons. The number of aliphatic hydroxyl groups excluding tert-OH is 1. The molecule has 0 bridgehead atoms. The minimum atomic E-state index is -0.919. The van der Waals surface area contributed by atoms with Gasteiger partial charge in [-0.2, -0.15) is 0 Å². The highest BCUT2D eigenvalue weighted by Crippen LogP contribution is 2.30. The lowest BCUT2D eigenvalue weighted by atomic mass is 10.0. The molecule has 174 valence electrons. The maximum Gasteiger partial charge on any atom is 0.355 e. The van der Waals surface area contributed by atoms with Gasteiger partial charge in [-0.3, -0.25) is 4.79 Å². The van der Waals surface area contributed by atoms with E-state index in [4.69, 9.17) is 9.47 Å². The lowest BCUT2D eigenvalue weighted by Gasteiger charge is -2.17. The van der Waals surface area contributed by atoms with Crippen LogP contribution in [0.1, 0.15) is 85.0 Å². The number of nitrogens with one attached hydrogen (secondary N) is 1. The zero-order valence-electron chi connectivity index (χ0n) is 19.3. The summed E-state index contributed by atoms with van der Waals surface area (Å²) in [4.78, 5) is 23.9. The number of carbonyl (C=O) groups excluding carboxylic acids is 2. The van der Waals surface area contributed by atoms with Crippen LogP contribution in [0.3, 0.4) is 0 Å². The molecular formula is C25H39NO5. The highest BCUT2D eigenvalue weighted by Gasteiger charge is 2.36. The molecule has 1 fully saturated rings. The first-order valence-corrected chi connectivity index (χ1v) is 11.8. The molecule has 2 rings (SSSR count). The second kappa shape index (κ2) is 12.8. The third-order valence-corrected chi connectivity index (χ3v) is 5.84. The lowest BCUT2D eigenvalue weighted by Crippen LogP contribution is -2.28. The fourth-order valence-corrected chi connectivity index (χ4v) is 3.63. The van der Waals surface area contributed by atoms with E-state index in [0.29, 0.717) is 18.6 Å². The molecule has 4 atom stereocenters. The quantitative estimate of drug-likeness (QED) is 0.172. The first-order valence-electron chi connectivity index (χ1n) is 11.8. The molecule has 0 spiro atoms. The average molecular weight is 434 g/mol. The van der Waals surface area contributed by atoms with Gasteiger partial charge in [0.2, 0.25) is 5.91 Å². The van der Waals surface area contributed by atoms with Gasteiger partial charge in [0.15, 0.2) is 0 Å². The van der Waals surface area contributed by atoms with Crippen molar-refractivity contribution in [1.29, 1.82) is 0 Å². The molecule has 1 amide bonds. The normalized spacial score (nSPS) is 26.3. The van der Waals surface area contributed by atoms with E-state index in [0.717, 1.165) is 12.8 Å². The SMILES string of the molecule is CCCCCCCC[C@H]1O[C@H]1C/C=C/C=C/[C@H](O)CC(=O)NC1=C[C@](C)(CC)OC1=O. The van der Waals surface area contributed by atoms with Gasteiger partial charge in [-0.15, -0.1) is 0 Å². The number of cyclic esters (lactones) is 1. The Morgan fingerprint density at radius 2 is 1.94 bits per heavy atom. The third kappa shape index (κ3) is 9.40. The molecule has 31 heavy (non-hydrogen) atoms. The van der Waals surface area contributed by atoms with Gasteiger partial charge in [-0.05, 0) is 32.3 Å². The summed E-state index contributed by atoms with van der Waals surface area (Å²) in [5.74, 6) is -0.962. The van der Waals surface area contributed by atoms with Gasteiger partial charge in [-0.1, -0.05) is 76.7 Å². The molecular weight excluding hydrogens is 394 g/mol. The van der Waals surface area contributed by atoms with Crippen LogP contribution in [0.4, 0.5) is 0 Å². The summed E-state index contributed by atoms with van der Waals surface area (Å²) in [6, 6.07) is 0. The summed E-state index contributed by atoms with van der Waals surface area (Å²) in [6.07, 6.45) is 19.0. The number of aliphatic hydroxyl groups is 1. The standard InChI is InChI=1S/C25H39NO5/c1-4-6-7-8-9-12-15-21-22(30-21)16-13-10-11-14-19(27)17-23(28)26-20-18-25(3,5-2)31-24(20)29/h10-11,13-14,18-19,21-22,27H,4-9,12,15-17H2,1-3H3,(H,26,28)/b13-10+,14-11+/t19-,21+,22-,25-/m0/s1. The minimum Gasteiger partial charge on any atom is -0.450 e. The number of ether oxygens (including phenoxy) is 2. The first kappa shape index (κ1) is 25.3. The summed E-state index contributed by atoms with van der Waals surface area (Å²) in [7, 11) is 0. The van der Waals surface area contributed by atoms with Crippen molar-refractivity contribution in [2.75, 3.05) is 0 Å². The Bertz CT molecular complexity index is 683. The van der Waals surface area contributed by atoms with Crippen molar-refractivity contribution in [3.8, 4) is 0 Å². The van der Waals surface area contributed by atoms with Crippen LogP contribution >= 0.6 is 0 Å². The van der Waals surface area contributed by atoms with Crippen LogP contribution in [0, 0.1) is 0 Å². The maximum atomic E-state index is 12.0. The molecule has 0 aromatic carbocycles. The van der Waals surface area contributed by atoms with E-state index in [-0.39, 0.29) is 12.1 Å². The molecule has 0 saturated carbocycles. The number of esters is 1. The van der Waals surface area contributed by atoms with Crippen LogP contribution in [0.5, 0.6) is 0 Å². The van der Waals surface area contributed by atoms with Gasteiger partial charge in [0.1, 0.15) is 11.3 Å². The fourth-order valence-electron chi connectivity index (χ4n) is 3.63. The van der Waals surface area contributed by atoms with Crippen LogP contribution in [0.25, 0.3) is 0 Å². The van der Waals surface area contributed by atoms with Crippen molar-refractivity contribution in [1.82, 2.24) is 5.32 Å². The molecule has 2 N–H and O–H groups in total. The van der Waals surface area contributed by atoms with Crippen LogP contribution in [-0.4, -0.2) is 40.9 Å².